The van der Waals surface area contributed by atoms with Gasteiger partial charge in [0.2, 0.25) is 5.91 Å². The van der Waals surface area contributed by atoms with Crippen LogP contribution in [0.2, 0.25) is 0 Å². The molecule has 3 heteroatoms. The van der Waals surface area contributed by atoms with Crippen molar-refractivity contribution >= 4 is 16.9 Å². The molecule has 0 bridgehead atoms. The molecule has 1 aromatic carbocycles. The minimum absolute atomic E-state index is 0.0795. The highest BCUT2D eigenvalue weighted by Gasteiger charge is 2.49. The van der Waals surface area contributed by atoms with Gasteiger partial charge >= 0.3 is 0 Å². The Hall–Kier alpha value is -1.77. The topological polar surface area (TPSA) is 42.2 Å². The molecule has 1 amide bonds. The molecule has 2 aliphatic carbocycles. The highest BCUT2D eigenvalue weighted by molar-refractivity contribution is 5.86. The van der Waals surface area contributed by atoms with E-state index in [9.17, 15) is 4.79 Å². The zero-order valence-electron chi connectivity index (χ0n) is 11.0. The number of hydrogen-bond donors (Lipinski definition) is 1. The van der Waals surface area contributed by atoms with Crippen molar-refractivity contribution in [3.8, 4) is 0 Å². The predicted molar refractivity (Wildman–Crippen MR) is 72.8 cm³/mol. The number of rotatable bonds is 3. The molecule has 4 rings (SSSR count). The van der Waals surface area contributed by atoms with Crippen molar-refractivity contribution in [2.75, 3.05) is 0 Å². The number of fused-ring (bicyclic) bond motifs is 1. The Labute approximate surface area is 112 Å². The van der Waals surface area contributed by atoms with Gasteiger partial charge in [0, 0.05) is 28.3 Å². The zero-order chi connectivity index (χ0) is 13.0. The highest BCUT2D eigenvalue weighted by atomic mass is 16.3. The van der Waals surface area contributed by atoms with Crippen LogP contribution in [0.4, 0.5) is 0 Å². The van der Waals surface area contributed by atoms with Crippen molar-refractivity contribution < 1.29 is 9.21 Å². The van der Waals surface area contributed by atoms with Crippen LogP contribution in [0.15, 0.2) is 34.9 Å². The minimum Gasteiger partial charge on any atom is -0.464 e. The summed E-state index contributed by atoms with van der Waals surface area (Å²) in [6.07, 6.45) is 4.82. The Morgan fingerprint density at radius 2 is 2.21 bits per heavy atom. The standard InChI is InChI=1S/C16H17NO2/c1-16(6-7-16)15(18)17-13-9-12(13)11-4-2-3-10-5-8-19-14(10)11/h2-5,8,12-13H,6-7,9H2,1H3,(H,17,18). The molecule has 1 aromatic heterocycles. The van der Waals surface area contributed by atoms with Crippen LogP contribution in [0.5, 0.6) is 0 Å². The third-order valence-corrected chi connectivity index (χ3v) is 4.56. The summed E-state index contributed by atoms with van der Waals surface area (Å²) in [6, 6.07) is 8.51. The maximum atomic E-state index is 12.0. The average molecular weight is 255 g/mol. The molecule has 2 saturated carbocycles. The quantitative estimate of drug-likeness (QED) is 0.915. The third-order valence-electron chi connectivity index (χ3n) is 4.56. The first-order valence-electron chi connectivity index (χ1n) is 6.94. The fraction of sp³-hybridized carbons (Fsp3) is 0.438. The second kappa shape index (κ2) is 3.62. The van der Waals surface area contributed by atoms with Crippen LogP contribution in [-0.2, 0) is 4.79 Å². The fourth-order valence-electron chi connectivity index (χ4n) is 2.76. The van der Waals surface area contributed by atoms with Gasteiger partial charge in [0.05, 0.1) is 6.26 Å². The number of carbonyl (C=O) groups is 1. The Kier molecular flexibility index (Phi) is 2.12. The first-order chi connectivity index (χ1) is 9.17. The van der Waals surface area contributed by atoms with Crippen LogP contribution < -0.4 is 5.32 Å². The van der Waals surface area contributed by atoms with Crippen molar-refractivity contribution in [3.63, 3.8) is 0 Å². The van der Waals surface area contributed by atoms with Gasteiger partial charge in [0.25, 0.3) is 0 Å². The first-order valence-corrected chi connectivity index (χ1v) is 6.94. The Morgan fingerprint density at radius 3 is 3.00 bits per heavy atom. The lowest BCUT2D eigenvalue weighted by atomic mass is 10.1. The Morgan fingerprint density at radius 1 is 1.37 bits per heavy atom. The highest BCUT2D eigenvalue weighted by Crippen LogP contribution is 2.48. The van der Waals surface area contributed by atoms with Crippen molar-refractivity contribution in [3.05, 3.63) is 36.1 Å². The number of hydrogen-bond acceptors (Lipinski definition) is 2. The summed E-state index contributed by atoms with van der Waals surface area (Å²) in [4.78, 5) is 12.0. The molecule has 2 atom stereocenters. The van der Waals surface area contributed by atoms with E-state index >= 15 is 0 Å². The van der Waals surface area contributed by atoms with E-state index < -0.39 is 0 Å². The van der Waals surface area contributed by atoms with Crippen LogP contribution in [-0.4, -0.2) is 11.9 Å². The number of amides is 1. The van der Waals surface area contributed by atoms with Gasteiger partial charge in [-0.25, -0.2) is 0 Å². The van der Waals surface area contributed by atoms with Gasteiger partial charge < -0.3 is 9.73 Å². The van der Waals surface area contributed by atoms with Gasteiger partial charge in [0.1, 0.15) is 5.58 Å². The van der Waals surface area contributed by atoms with E-state index in [0.717, 1.165) is 30.2 Å². The second-order valence-corrected chi connectivity index (χ2v) is 6.17. The summed E-state index contributed by atoms with van der Waals surface area (Å²) < 4.78 is 5.57. The lowest BCUT2D eigenvalue weighted by molar-refractivity contribution is -0.125. The van der Waals surface area contributed by atoms with Gasteiger partial charge in [-0.15, -0.1) is 0 Å². The molecule has 98 valence electrons. The maximum absolute atomic E-state index is 12.0. The van der Waals surface area contributed by atoms with E-state index in [1.807, 2.05) is 13.0 Å². The molecule has 2 fully saturated rings. The van der Waals surface area contributed by atoms with Crippen LogP contribution in [0.25, 0.3) is 11.0 Å². The van der Waals surface area contributed by atoms with Crippen LogP contribution in [0.3, 0.4) is 0 Å². The third kappa shape index (κ3) is 1.76. The molecule has 0 spiro atoms. The number of para-hydroxylation sites is 1. The zero-order valence-corrected chi connectivity index (χ0v) is 11.0. The molecule has 2 aliphatic rings. The smallest absolute Gasteiger partial charge is 0.226 e. The van der Waals surface area contributed by atoms with Crippen molar-refractivity contribution in [2.45, 2.75) is 38.1 Å². The van der Waals surface area contributed by atoms with Crippen molar-refractivity contribution in [2.24, 2.45) is 5.41 Å². The SMILES string of the molecule is CC1(C(=O)NC2CC2c2cccc3ccoc23)CC1. The molecule has 1 N–H and O–H groups in total. The van der Waals surface area contributed by atoms with E-state index in [-0.39, 0.29) is 11.3 Å². The molecule has 3 nitrogen and oxygen atoms in total. The summed E-state index contributed by atoms with van der Waals surface area (Å²) in [5, 5.41) is 4.32. The molecule has 0 saturated heterocycles. The summed E-state index contributed by atoms with van der Waals surface area (Å²) in [5.74, 6) is 0.646. The molecule has 2 aromatic rings. The van der Waals surface area contributed by atoms with Gasteiger partial charge in [-0.1, -0.05) is 25.1 Å². The van der Waals surface area contributed by atoms with Crippen molar-refractivity contribution in [1.82, 2.24) is 5.32 Å². The molecule has 1 heterocycles. The molecular weight excluding hydrogens is 238 g/mol. The summed E-state index contributed by atoms with van der Waals surface area (Å²) in [5.41, 5.74) is 2.12. The predicted octanol–water partition coefficient (Wildman–Crippen LogP) is 3.21. The molecular formula is C16H17NO2. The van der Waals surface area contributed by atoms with Crippen LogP contribution in [0, 0.1) is 5.41 Å². The summed E-state index contributed by atoms with van der Waals surface area (Å²) in [6.45, 7) is 2.05. The lowest BCUT2D eigenvalue weighted by Crippen LogP contribution is -2.32. The van der Waals surface area contributed by atoms with E-state index in [1.165, 1.54) is 5.56 Å². The fourth-order valence-corrected chi connectivity index (χ4v) is 2.76. The van der Waals surface area contributed by atoms with Crippen molar-refractivity contribution in [1.29, 1.82) is 0 Å². The first kappa shape index (κ1) is 11.1. The van der Waals surface area contributed by atoms with E-state index in [2.05, 4.69) is 23.5 Å². The number of nitrogens with one attached hydrogen (secondary N) is 1. The van der Waals surface area contributed by atoms with Crippen LogP contribution in [0.1, 0.15) is 37.7 Å². The van der Waals surface area contributed by atoms with E-state index in [4.69, 9.17) is 4.42 Å². The van der Waals surface area contributed by atoms with Crippen LogP contribution >= 0.6 is 0 Å². The maximum Gasteiger partial charge on any atom is 0.226 e. The summed E-state index contributed by atoms with van der Waals surface area (Å²) >= 11 is 0. The molecule has 0 aliphatic heterocycles. The van der Waals surface area contributed by atoms with E-state index in [0.29, 0.717) is 12.0 Å². The number of furan rings is 1. The molecule has 2 unspecified atom stereocenters. The van der Waals surface area contributed by atoms with Gasteiger partial charge in [0.15, 0.2) is 0 Å². The van der Waals surface area contributed by atoms with Gasteiger partial charge in [-0.05, 0) is 25.3 Å². The average Bonchev–Trinajstić information content (AvgIpc) is 3.28. The van der Waals surface area contributed by atoms with E-state index in [1.54, 1.807) is 6.26 Å². The summed E-state index contributed by atoms with van der Waals surface area (Å²) in [7, 11) is 0. The largest absolute Gasteiger partial charge is 0.464 e. The number of carbonyl (C=O) groups excluding carboxylic acids is 1. The minimum atomic E-state index is -0.0795. The monoisotopic (exact) mass is 255 g/mol. The Balaban J connectivity index is 1.53. The molecule has 0 radical (unpaired) electrons. The van der Waals surface area contributed by atoms with Gasteiger partial charge in [-0.2, -0.15) is 0 Å². The Bertz CT molecular complexity index is 654. The lowest BCUT2D eigenvalue weighted by Gasteiger charge is -2.09. The molecule has 19 heavy (non-hydrogen) atoms. The second-order valence-electron chi connectivity index (χ2n) is 6.17. The van der Waals surface area contributed by atoms with Gasteiger partial charge in [-0.3, -0.25) is 4.79 Å². The number of benzene rings is 1. The normalized spacial score (nSPS) is 27.2.